The van der Waals surface area contributed by atoms with Crippen LogP contribution in [0.25, 0.3) is 0 Å². The van der Waals surface area contributed by atoms with E-state index in [2.05, 4.69) is 12.6 Å². The molecule has 0 bridgehead atoms. The fourth-order valence-corrected chi connectivity index (χ4v) is 1.31. The van der Waals surface area contributed by atoms with Crippen LogP contribution in [-0.4, -0.2) is 21.9 Å². The van der Waals surface area contributed by atoms with E-state index >= 15 is 0 Å². The summed E-state index contributed by atoms with van der Waals surface area (Å²) in [6.07, 6.45) is -0.876. The van der Waals surface area contributed by atoms with Gasteiger partial charge in [0.05, 0.1) is 6.10 Å². The second-order valence-corrected chi connectivity index (χ2v) is 3.13. The average molecular weight is 201 g/mol. The summed E-state index contributed by atoms with van der Waals surface area (Å²) in [6, 6.07) is 2.50. The second kappa shape index (κ2) is 3.87. The van der Waals surface area contributed by atoms with E-state index in [4.69, 9.17) is 15.9 Å². The molecule has 5 N–H and O–H groups in total. The van der Waals surface area contributed by atoms with Gasteiger partial charge in [-0.2, -0.15) is 0 Å². The van der Waals surface area contributed by atoms with Crippen molar-refractivity contribution in [1.82, 2.24) is 0 Å². The van der Waals surface area contributed by atoms with E-state index in [0.717, 1.165) is 0 Å². The lowest BCUT2D eigenvalue weighted by atomic mass is 10.1. The zero-order valence-corrected chi connectivity index (χ0v) is 7.70. The quantitative estimate of drug-likeness (QED) is 0.353. The first-order valence-electron chi connectivity index (χ1n) is 3.69. The predicted molar refractivity (Wildman–Crippen MR) is 51.0 cm³/mol. The number of benzene rings is 1. The van der Waals surface area contributed by atoms with Gasteiger partial charge in [0.15, 0.2) is 11.5 Å². The Morgan fingerprint density at radius 1 is 1.31 bits per heavy atom. The average Bonchev–Trinajstić information content (AvgIpc) is 2.10. The largest absolute Gasteiger partial charge is 0.504 e. The van der Waals surface area contributed by atoms with Crippen molar-refractivity contribution in [1.29, 1.82) is 0 Å². The predicted octanol–water partition coefficient (Wildman–Crippen LogP) is 0.379. The number of aromatic hydroxyl groups is 2. The van der Waals surface area contributed by atoms with Gasteiger partial charge < -0.3 is 21.1 Å². The lowest BCUT2D eigenvalue weighted by Gasteiger charge is -2.11. The number of phenols is 2. The third-order valence-electron chi connectivity index (χ3n) is 1.71. The van der Waals surface area contributed by atoms with Gasteiger partial charge in [-0.15, -0.1) is 12.6 Å². The SMILES string of the molecule is NC[C@H](O)c1cc(O)c(O)cc1S. The van der Waals surface area contributed by atoms with E-state index in [1.165, 1.54) is 12.1 Å². The monoisotopic (exact) mass is 201 g/mol. The Balaban J connectivity index is 3.15. The zero-order valence-electron chi connectivity index (χ0n) is 6.81. The molecule has 0 unspecified atom stereocenters. The number of thiol groups is 1. The molecule has 0 amide bonds. The van der Waals surface area contributed by atoms with Gasteiger partial charge in [-0.1, -0.05) is 0 Å². The van der Waals surface area contributed by atoms with E-state index < -0.39 is 6.10 Å². The molecule has 0 aliphatic heterocycles. The third-order valence-corrected chi connectivity index (χ3v) is 2.09. The smallest absolute Gasteiger partial charge is 0.158 e. The van der Waals surface area contributed by atoms with Crippen molar-refractivity contribution in [3.8, 4) is 11.5 Å². The summed E-state index contributed by atoms with van der Waals surface area (Å²) in [4.78, 5) is 0.397. The highest BCUT2D eigenvalue weighted by atomic mass is 32.1. The summed E-state index contributed by atoms with van der Waals surface area (Å²) in [5, 5.41) is 27.6. The molecule has 1 atom stereocenters. The van der Waals surface area contributed by atoms with Crippen LogP contribution in [-0.2, 0) is 0 Å². The molecule has 4 nitrogen and oxygen atoms in total. The number of phenolic OH excluding ortho intramolecular Hbond substituents is 2. The summed E-state index contributed by atoms with van der Waals surface area (Å²) in [5.41, 5.74) is 5.64. The van der Waals surface area contributed by atoms with Crippen LogP contribution in [0.5, 0.6) is 11.5 Å². The summed E-state index contributed by atoms with van der Waals surface area (Å²) in [7, 11) is 0. The van der Waals surface area contributed by atoms with Gasteiger partial charge in [0.2, 0.25) is 0 Å². The highest BCUT2D eigenvalue weighted by Crippen LogP contribution is 2.32. The number of hydrogen-bond acceptors (Lipinski definition) is 5. The topological polar surface area (TPSA) is 86.7 Å². The number of rotatable bonds is 2. The maximum absolute atomic E-state index is 9.36. The molecule has 5 heteroatoms. The number of aliphatic hydroxyl groups excluding tert-OH is 1. The zero-order chi connectivity index (χ0) is 10.0. The highest BCUT2D eigenvalue weighted by Gasteiger charge is 2.12. The fourth-order valence-electron chi connectivity index (χ4n) is 0.976. The summed E-state index contributed by atoms with van der Waals surface area (Å²) >= 11 is 4.02. The van der Waals surface area contributed by atoms with Crippen LogP contribution in [0, 0.1) is 0 Å². The van der Waals surface area contributed by atoms with Crippen molar-refractivity contribution in [3.63, 3.8) is 0 Å². The third kappa shape index (κ3) is 2.06. The molecule has 1 aromatic carbocycles. The summed E-state index contributed by atoms with van der Waals surface area (Å²) in [5.74, 6) is -0.557. The van der Waals surface area contributed by atoms with E-state index in [1.807, 2.05) is 0 Å². The Labute approximate surface area is 81.0 Å². The molecule has 0 spiro atoms. The van der Waals surface area contributed by atoms with Crippen LogP contribution in [0.3, 0.4) is 0 Å². The Hall–Kier alpha value is -0.910. The minimum Gasteiger partial charge on any atom is -0.504 e. The van der Waals surface area contributed by atoms with Gasteiger partial charge in [-0.25, -0.2) is 0 Å². The van der Waals surface area contributed by atoms with Crippen LogP contribution in [0.2, 0.25) is 0 Å². The van der Waals surface area contributed by atoms with Crippen molar-refractivity contribution >= 4 is 12.6 Å². The Morgan fingerprint density at radius 2 is 1.85 bits per heavy atom. The highest BCUT2D eigenvalue weighted by molar-refractivity contribution is 7.80. The molecule has 1 rings (SSSR count). The molecule has 1 aromatic rings. The van der Waals surface area contributed by atoms with Crippen LogP contribution in [0.1, 0.15) is 11.7 Å². The molecule has 0 aliphatic rings. The molecule has 0 saturated heterocycles. The lowest BCUT2D eigenvalue weighted by Crippen LogP contribution is -2.11. The van der Waals surface area contributed by atoms with Crippen molar-refractivity contribution < 1.29 is 15.3 Å². The van der Waals surface area contributed by atoms with Gasteiger partial charge in [0, 0.05) is 11.4 Å². The van der Waals surface area contributed by atoms with E-state index in [-0.39, 0.29) is 18.0 Å². The summed E-state index contributed by atoms with van der Waals surface area (Å²) < 4.78 is 0. The number of nitrogens with two attached hydrogens (primary N) is 1. The first-order chi connectivity index (χ1) is 6.06. The van der Waals surface area contributed by atoms with Crippen LogP contribution >= 0.6 is 12.6 Å². The van der Waals surface area contributed by atoms with Gasteiger partial charge in [-0.05, 0) is 17.7 Å². The fraction of sp³-hybridized carbons (Fsp3) is 0.250. The molecular weight excluding hydrogens is 190 g/mol. The molecule has 0 saturated carbocycles. The number of hydrogen-bond donors (Lipinski definition) is 5. The first-order valence-corrected chi connectivity index (χ1v) is 4.14. The normalized spacial score (nSPS) is 12.8. The minimum atomic E-state index is -0.876. The van der Waals surface area contributed by atoms with Crippen LogP contribution in [0.4, 0.5) is 0 Å². The van der Waals surface area contributed by atoms with Crippen molar-refractivity contribution in [2.45, 2.75) is 11.0 Å². The van der Waals surface area contributed by atoms with Crippen molar-refractivity contribution in [2.75, 3.05) is 6.54 Å². The van der Waals surface area contributed by atoms with E-state index in [1.54, 1.807) is 0 Å². The maximum atomic E-state index is 9.36. The Bertz CT molecular complexity index is 317. The lowest BCUT2D eigenvalue weighted by molar-refractivity contribution is 0.183. The first kappa shape index (κ1) is 10.2. The van der Waals surface area contributed by atoms with E-state index in [9.17, 15) is 5.11 Å². The molecule has 0 aliphatic carbocycles. The van der Waals surface area contributed by atoms with Gasteiger partial charge in [-0.3, -0.25) is 0 Å². The standard InChI is InChI=1S/C8H11NO3S/c9-3-7(12)4-1-5(10)6(11)2-8(4)13/h1-2,7,10-13H,3,9H2/t7-/m0/s1. The maximum Gasteiger partial charge on any atom is 0.158 e. The van der Waals surface area contributed by atoms with Crippen LogP contribution < -0.4 is 5.73 Å². The van der Waals surface area contributed by atoms with Crippen molar-refractivity contribution in [3.05, 3.63) is 17.7 Å². The minimum absolute atomic E-state index is 0.0395. The van der Waals surface area contributed by atoms with E-state index in [0.29, 0.717) is 10.5 Å². The molecule has 0 aromatic heterocycles. The summed E-state index contributed by atoms with van der Waals surface area (Å²) in [6.45, 7) is 0.0395. The Kier molecular flexibility index (Phi) is 3.02. The molecule has 0 heterocycles. The Morgan fingerprint density at radius 3 is 2.38 bits per heavy atom. The second-order valence-electron chi connectivity index (χ2n) is 2.65. The molecule has 13 heavy (non-hydrogen) atoms. The van der Waals surface area contributed by atoms with Gasteiger partial charge >= 0.3 is 0 Å². The van der Waals surface area contributed by atoms with Crippen LogP contribution in [0.15, 0.2) is 17.0 Å². The molecule has 0 fully saturated rings. The van der Waals surface area contributed by atoms with Gasteiger partial charge in [0.25, 0.3) is 0 Å². The molecular formula is C8H11NO3S. The number of aliphatic hydroxyl groups is 1. The van der Waals surface area contributed by atoms with Gasteiger partial charge in [0.1, 0.15) is 0 Å². The van der Waals surface area contributed by atoms with Crippen molar-refractivity contribution in [2.24, 2.45) is 5.73 Å². The molecule has 0 radical (unpaired) electrons. The molecule has 72 valence electrons.